The Kier molecular flexibility index (Phi) is 9.60. The number of methoxy groups -OCH3 is 1. The van der Waals surface area contributed by atoms with Crippen molar-refractivity contribution in [3.8, 4) is 23.0 Å². The van der Waals surface area contributed by atoms with Gasteiger partial charge in [-0.25, -0.2) is 4.39 Å². The zero-order chi connectivity index (χ0) is 30.6. The normalized spacial score (nSPS) is 15.0. The maximum absolute atomic E-state index is 15.5. The fourth-order valence-electron chi connectivity index (χ4n) is 5.10. The Morgan fingerprint density at radius 1 is 1.00 bits per heavy atom. The first-order valence-electron chi connectivity index (χ1n) is 14.2. The molecule has 2 aromatic carbocycles. The molecule has 0 atom stereocenters. The van der Waals surface area contributed by atoms with Crippen LogP contribution in [0.5, 0.6) is 23.0 Å². The fraction of sp³-hybridized carbons (Fsp3) is 0.516. The molecule has 0 radical (unpaired) electrons. The number of fused-ring (bicyclic) bond motifs is 1. The van der Waals surface area contributed by atoms with Crippen LogP contribution in [0.2, 0.25) is 0 Å². The molecule has 0 bridgehead atoms. The summed E-state index contributed by atoms with van der Waals surface area (Å²) in [5.41, 5.74) is 1.30. The van der Waals surface area contributed by atoms with E-state index >= 15 is 4.39 Å². The van der Waals surface area contributed by atoms with Gasteiger partial charge in [-0.15, -0.1) is 0 Å². The van der Waals surface area contributed by atoms with Gasteiger partial charge in [-0.2, -0.15) is 0 Å². The minimum Gasteiger partial charge on any atom is -0.493 e. The molecule has 1 amide bonds. The number of benzene rings is 2. The number of morpholine rings is 1. The maximum atomic E-state index is 15.5. The molecule has 1 N–H and O–H groups in total. The third-order valence-electron chi connectivity index (χ3n) is 7.21. The molecule has 0 unspecified atom stereocenters. The average Bonchev–Trinajstić information content (AvgIpc) is 3.27. The summed E-state index contributed by atoms with van der Waals surface area (Å²) in [6.45, 7) is 11.8. The molecule has 2 heterocycles. The van der Waals surface area contributed by atoms with Crippen LogP contribution in [0.1, 0.15) is 61.7 Å². The highest BCUT2D eigenvalue weighted by atomic mass is 19.1. The van der Waals surface area contributed by atoms with Crippen LogP contribution in [-0.4, -0.2) is 87.1 Å². The molecule has 0 aliphatic carbocycles. The second kappa shape index (κ2) is 13.0. The van der Waals surface area contributed by atoms with Crippen molar-refractivity contribution in [2.24, 2.45) is 0 Å². The quantitative estimate of drug-likeness (QED) is 0.391. The number of Topliss-reactive ketones (excluding diaryl/α,β-unsaturated/α-hetero) is 1. The van der Waals surface area contributed by atoms with Crippen molar-refractivity contribution in [2.45, 2.75) is 46.6 Å². The van der Waals surface area contributed by atoms with Crippen molar-refractivity contribution in [3.05, 3.63) is 46.3 Å². The molecule has 228 valence electrons. The SMILES string of the molecule is CCOc1cc2c(c(F)c1OCC)C(=N)N(CC(=O)c1cc(OCC(=O)N3CCOCC3)c(OC)c(C(C)(C)C)c1)C2. The van der Waals surface area contributed by atoms with Crippen molar-refractivity contribution in [1.82, 2.24) is 9.80 Å². The summed E-state index contributed by atoms with van der Waals surface area (Å²) in [4.78, 5) is 29.6. The Balaban J connectivity index is 1.60. The summed E-state index contributed by atoms with van der Waals surface area (Å²) in [5.74, 6) is -0.273. The topological polar surface area (TPSA) is 111 Å². The highest BCUT2D eigenvalue weighted by molar-refractivity contribution is 6.06. The van der Waals surface area contributed by atoms with Gasteiger partial charge in [0.25, 0.3) is 5.91 Å². The lowest BCUT2D eigenvalue weighted by Gasteiger charge is -2.28. The van der Waals surface area contributed by atoms with Gasteiger partial charge < -0.3 is 33.5 Å². The van der Waals surface area contributed by atoms with Crippen LogP contribution in [-0.2, 0) is 21.5 Å². The van der Waals surface area contributed by atoms with Crippen molar-refractivity contribution in [1.29, 1.82) is 5.41 Å². The molecule has 2 aliphatic heterocycles. The average molecular weight is 586 g/mol. The van der Waals surface area contributed by atoms with Crippen LogP contribution in [0.25, 0.3) is 0 Å². The third-order valence-corrected chi connectivity index (χ3v) is 7.21. The number of nitrogens with one attached hydrogen (secondary N) is 1. The molecule has 4 rings (SSSR count). The fourth-order valence-corrected chi connectivity index (χ4v) is 5.10. The summed E-state index contributed by atoms with van der Waals surface area (Å²) < 4.78 is 43.6. The van der Waals surface area contributed by atoms with Crippen LogP contribution in [0.4, 0.5) is 4.39 Å². The first-order valence-corrected chi connectivity index (χ1v) is 14.2. The van der Waals surface area contributed by atoms with Gasteiger partial charge in [0, 0.05) is 30.8 Å². The Morgan fingerprint density at radius 3 is 2.29 bits per heavy atom. The van der Waals surface area contributed by atoms with E-state index in [9.17, 15) is 9.59 Å². The number of amidine groups is 1. The zero-order valence-electron chi connectivity index (χ0n) is 25.2. The van der Waals surface area contributed by atoms with Gasteiger partial charge in [0.15, 0.2) is 41.2 Å². The number of nitrogens with zero attached hydrogens (tertiary/aromatic N) is 2. The molecule has 0 spiro atoms. The smallest absolute Gasteiger partial charge is 0.260 e. The lowest BCUT2D eigenvalue weighted by molar-refractivity contribution is -0.137. The number of amides is 1. The van der Waals surface area contributed by atoms with E-state index in [1.165, 1.54) is 12.0 Å². The van der Waals surface area contributed by atoms with Gasteiger partial charge in [0.1, 0.15) is 5.84 Å². The molecule has 0 aromatic heterocycles. The number of hydrogen-bond donors (Lipinski definition) is 1. The van der Waals surface area contributed by atoms with E-state index in [2.05, 4.69) is 0 Å². The Morgan fingerprint density at radius 2 is 1.67 bits per heavy atom. The molecule has 1 saturated heterocycles. The number of halogens is 1. The van der Waals surface area contributed by atoms with Gasteiger partial charge in [-0.3, -0.25) is 15.0 Å². The van der Waals surface area contributed by atoms with Crippen LogP contribution in [0.3, 0.4) is 0 Å². The standard InChI is InChI=1S/C31H40FN3O7/c1-7-40-24-15-20-16-35(30(33)26(20)27(32)29(24)41-8-2)17-22(36)19-13-21(31(3,4)5)28(38-6)23(14-19)42-18-25(37)34-9-11-39-12-10-34/h13-15,33H,7-12,16-18H2,1-6H3. The van der Waals surface area contributed by atoms with E-state index in [1.807, 2.05) is 20.8 Å². The van der Waals surface area contributed by atoms with Crippen molar-refractivity contribution < 1.29 is 37.7 Å². The predicted molar refractivity (Wildman–Crippen MR) is 155 cm³/mol. The number of hydrogen-bond acceptors (Lipinski definition) is 8. The van der Waals surface area contributed by atoms with E-state index in [4.69, 9.17) is 29.1 Å². The summed E-state index contributed by atoms with van der Waals surface area (Å²) >= 11 is 0. The van der Waals surface area contributed by atoms with Crippen LogP contribution in [0.15, 0.2) is 18.2 Å². The second-order valence-corrected chi connectivity index (χ2v) is 11.1. The number of ketones is 1. The molecule has 2 aliphatic rings. The summed E-state index contributed by atoms with van der Waals surface area (Å²) in [6, 6.07) is 5.00. The maximum Gasteiger partial charge on any atom is 0.260 e. The predicted octanol–water partition coefficient (Wildman–Crippen LogP) is 4.19. The summed E-state index contributed by atoms with van der Waals surface area (Å²) in [6.07, 6.45) is 0. The lowest BCUT2D eigenvalue weighted by Crippen LogP contribution is -2.43. The van der Waals surface area contributed by atoms with Gasteiger partial charge >= 0.3 is 0 Å². The summed E-state index contributed by atoms with van der Waals surface area (Å²) in [7, 11) is 1.52. The largest absolute Gasteiger partial charge is 0.493 e. The highest BCUT2D eigenvalue weighted by Crippen LogP contribution is 2.41. The molecule has 10 nitrogen and oxygen atoms in total. The molecule has 2 aromatic rings. The van der Waals surface area contributed by atoms with Crippen LogP contribution < -0.4 is 18.9 Å². The van der Waals surface area contributed by atoms with Gasteiger partial charge in [0.2, 0.25) is 0 Å². The third kappa shape index (κ3) is 6.46. The van der Waals surface area contributed by atoms with Crippen molar-refractivity contribution in [3.63, 3.8) is 0 Å². The molecule has 42 heavy (non-hydrogen) atoms. The zero-order valence-corrected chi connectivity index (χ0v) is 25.2. The Bertz CT molecular complexity index is 1350. The number of carbonyl (C=O) groups is 2. The van der Waals surface area contributed by atoms with E-state index in [-0.39, 0.29) is 66.6 Å². The first kappa shape index (κ1) is 31.1. The van der Waals surface area contributed by atoms with Crippen molar-refractivity contribution in [2.75, 3.05) is 59.8 Å². The molecular weight excluding hydrogens is 545 g/mol. The molecule has 0 saturated carbocycles. The van der Waals surface area contributed by atoms with E-state index in [1.54, 1.807) is 36.9 Å². The molecule has 1 fully saturated rings. The Hall–Kier alpha value is -3.86. The second-order valence-electron chi connectivity index (χ2n) is 11.1. The van der Waals surface area contributed by atoms with Crippen LogP contribution in [0, 0.1) is 11.2 Å². The minimum absolute atomic E-state index is 0.0329. The monoisotopic (exact) mass is 585 g/mol. The van der Waals surface area contributed by atoms with Gasteiger partial charge in [-0.1, -0.05) is 20.8 Å². The minimum atomic E-state index is -0.669. The first-order chi connectivity index (χ1) is 20.0. The number of carbonyl (C=O) groups excluding carboxylic acids is 2. The van der Waals surface area contributed by atoms with Crippen molar-refractivity contribution >= 4 is 17.5 Å². The number of ether oxygens (including phenoxy) is 5. The van der Waals surface area contributed by atoms with E-state index in [0.29, 0.717) is 49.8 Å². The van der Waals surface area contributed by atoms with E-state index in [0.717, 1.165) is 5.56 Å². The van der Waals surface area contributed by atoms with E-state index < -0.39 is 11.2 Å². The van der Waals surface area contributed by atoms with Gasteiger partial charge in [-0.05, 0) is 43.0 Å². The molecular formula is C31H40FN3O7. The number of rotatable bonds is 11. The highest BCUT2D eigenvalue weighted by Gasteiger charge is 2.34. The molecule has 11 heteroatoms. The summed E-state index contributed by atoms with van der Waals surface area (Å²) in [5, 5.41) is 8.69. The lowest BCUT2D eigenvalue weighted by atomic mass is 9.84. The van der Waals surface area contributed by atoms with Gasteiger partial charge in [0.05, 0.1) is 45.6 Å². The van der Waals surface area contributed by atoms with Crippen LogP contribution >= 0.6 is 0 Å². The Labute approximate surface area is 246 Å².